The van der Waals surface area contributed by atoms with Gasteiger partial charge in [0.1, 0.15) is 29.1 Å². The lowest BCUT2D eigenvalue weighted by Crippen LogP contribution is -2.11. The van der Waals surface area contributed by atoms with Crippen LogP contribution in [-0.4, -0.2) is 19.3 Å². The van der Waals surface area contributed by atoms with Crippen LogP contribution in [0.1, 0.15) is 39.8 Å². The van der Waals surface area contributed by atoms with E-state index in [9.17, 15) is 5.11 Å². The number of ether oxygens (including phenoxy) is 3. The van der Waals surface area contributed by atoms with Gasteiger partial charge in [0.25, 0.3) is 0 Å². The molecule has 4 nitrogen and oxygen atoms in total. The number of hydrogen-bond acceptors (Lipinski definition) is 4. The fourth-order valence-electron chi connectivity index (χ4n) is 4.44. The van der Waals surface area contributed by atoms with Crippen LogP contribution in [0.2, 0.25) is 0 Å². The number of rotatable bonds is 6. The molecule has 0 bridgehead atoms. The van der Waals surface area contributed by atoms with E-state index in [0.29, 0.717) is 0 Å². The molecule has 1 aliphatic rings. The van der Waals surface area contributed by atoms with Crippen molar-refractivity contribution in [3.63, 3.8) is 0 Å². The molecule has 4 heteroatoms. The van der Waals surface area contributed by atoms with Gasteiger partial charge < -0.3 is 19.3 Å². The minimum Gasteiger partial charge on any atom is -0.508 e. The molecule has 1 heterocycles. The molecule has 1 aliphatic heterocycles. The Labute approximate surface area is 199 Å². The summed E-state index contributed by atoms with van der Waals surface area (Å²) in [5.74, 6) is 2.73. The summed E-state index contributed by atoms with van der Waals surface area (Å²) >= 11 is 0. The van der Waals surface area contributed by atoms with Gasteiger partial charge in [-0.2, -0.15) is 0 Å². The molecular formula is C30H26O4. The first-order valence-corrected chi connectivity index (χ1v) is 11.2. The van der Waals surface area contributed by atoms with E-state index in [1.165, 1.54) is 0 Å². The highest BCUT2D eigenvalue weighted by Gasteiger charge is 2.37. The molecule has 34 heavy (non-hydrogen) atoms. The smallest absolute Gasteiger partial charge is 0.135 e. The fraction of sp³-hybridized carbons (Fsp3) is 0.133. The summed E-state index contributed by atoms with van der Waals surface area (Å²) in [6.45, 7) is 0. The topological polar surface area (TPSA) is 47.9 Å². The summed E-state index contributed by atoms with van der Waals surface area (Å²) in [6, 6.07) is 29.6. The fourth-order valence-corrected chi connectivity index (χ4v) is 4.44. The molecule has 0 amide bonds. The van der Waals surface area contributed by atoms with Crippen molar-refractivity contribution in [1.29, 1.82) is 0 Å². The van der Waals surface area contributed by atoms with Gasteiger partial charge in [0, 0.05) is 5.56 Å². The highest BCUT2D eigenvalue weighted by Crippen LogP contribution is 2.50. The summed E-state index contributed by atoms with van der Waals surface area (Å²) in [6.07, 6.45) is 3.98. The zero-order valence-corrected chi connectivity index (χ0v) is 19.1. The van der Waals surface area contributed by atoms with Crippen molar-refractivity contribution in [2.75, 3.05) is 14.2 Å². The van der Waals surface area contributed by atoms with Crippen LogP contribution in [-0.2, 0) is 0 Å². The Kier molecular flexibility index (Phi) is 5.96. The van der Waals surface area contributed by atoms with Crippen LogP contribution in [0.5, 0.6) is 23.0 Å². The van der Waals surface area contributed by atoms with E-state index in [0.717, 1.165) is 45.1 Å². The van der Waals surface area contributed by atoms with Crippen molar-refractivity contribution in [2.24, 2.45) is 0 Å². The van der Waals surface area contributed by atoms with Crippen molar-refractivity contribution < 1.29 is 19.3 Å². The largest absolute Gasteiger partial charge is 0.508 e. The normalized spacial score (nSPS) is 16.8. The highest BCUT2D eigenvalue weighted by molar-refractivity contribution is 5.71. The second-order valence-corrected chi connectivity index (χ2v) is 8.29. The first-order valence-electron chi connectivity index (χ1n) is 11.2. The Hall–Kier alpha value is -4.18. The molecule has 4 aromatic carbocycles. The van der Waals surface area contributed by atoms with Crippen LogP contribution < -0.4 is 14.2 Å². The Morgan fingerprint density at radius 2 is 1.38 bits per heavy atom. The van der Waals surface area contributed by atoms with Gasteiger partial charge in [-0.1, -0.05) is 54.6 Å². The molecule has 0 radical (unpaired) electrons. The predicted octanol–water partition coefficient (Wildman–Crippen LogP) is 6.85. The molecule has 0 saturated carbocycles. The van der Waals surface area contributed by atoms with Gasteiger partial charge >= 0.3 is 0 Å². The molecule has 5 rings (SSSR count). The quantitative estimate of drug-likeness (QED) is 0.327. The SMILES string of the molecule is COc1cccc(/C=C/c2ccc3c(c2)[C@H](c2cccc(OC)c2)[C@@H](c2ccc(O)cc2)O3)c1. The standard InChI is InChI=1S/C30H26O4/c1-32-25-7-3-5-20(17-25)9-10-21-11-16-28-27(18-21)29(23-6-4-8-26(19-23)33-2)30(34-28)22-12-14-24(31)15-13-22/h3-19,29-31H,1-2H3/b10-9+/t29-,30+/m0/s1. The lowest BCUT2D eigenvalue weighted by Gasteiger charge is -2.21. The zero-order valence-electron chi connectivity index (χ0n) is 19.1. The minimum atomic E-state index is -0.208. The Bertz CT molecular complexity index is 1320. The van der Waals surface area contributed by atoms with E-state index in [4.69, 9.17) is 14.2 Å². The number of fused-ring (bicyclic) bond motifs is 1. The third-order valence-electron chi connectivity index (χ3n) is 6.16. The summed E-state index contributed by atoms with van der Waals surface area (Å²) in [5, 5.41) is 9.77. The molecule has 0 saturated heterocycles. The molecule has 2 atom stereocenters. The van der Waals surface area contributed by atoms with Crippen LogP contribution in [0.15, 0.2) is 91.0 Å². The summed E-state index contributed by atoms with van der Waals surface area (Å²) < 4.78 is 17.3. The van der Waals surface area contributed by atoms with Crippen molar-refractivity contribution >= 4 is 12.2 Å². The zero-order chi connectivity index (χ0) is 23.5. The van der Waals surface area contributed by atoms with E-state index in [-0.39, 0.29) is 17.8 Å². The average Bonchev–Trinajstić information content (AvgIpc) is 3.27. The van der Waals surface area contributed by atoms with Crippen molar-refractivity contribution in [1.82, 2.24) is 0 Å². The minimum absolute atomic E-state index is 0.0141. The Balaban J connectivity index is 1.54. The van der Waals surface area contributed by atoms with Crippen molar-refractivity contribution in [2.45, 2.75) is 12.0 Å². The van der Waals surface area contributed by atoms with E-state index in [1.807, 2.05) is 48.5 Å². The maximum atomic E-state index is 9.77. The first-order chi connectivity index (χ1) is 16.6. The van der Waals surface area contributed by atoms with E-state index >= 15 is 0 Å². The number of phenolic OH excluding ortho intramolecular Hbond substituents is 1. The van der Waals surface area contributed by atoms with Crippen LogP contribution in [0.3, 0.4) is 0 Å². The number of phenols is 1. The third kappa shape index (κ3) is 4.35. The number of hydrogen-bond donors (Lipinski definition) is 1. The molecule has 4 aromatic rings. The molecule has 0 aromatic heterocycles. The second kappa shape index (κ2) is 9.36. The molecular weight excluding hydrogens is 424 g/mol. The number of benzene rings is 4. The molecule has 0 unspecified atom stereocenters. The maximum absolute atomic E-state index is 9.77. The third-order valence-corrected chi connectivity index (χ3v) is 6.16. The molecule has 0 aliphatic carbocycles. The van der Waals surface area contributed by atoms with Crippen LogP contribution in [0, 0.1) is 0 Å². The second-order valence-electron chi connectivity index (χ2n) is 8.29. The molecule has 0 spiro atoms. The van der Waals surface area contributed by atoms with Crippen LogP contribution in [0.25, 0.3) is 12.2 Å². The number of aromatic hydroxyl groups is 1. The van der Waals surface area contributed by atoms with Gasteiger partial charge in [0.15, 0.2) is 0 Å². The van der Waals surface area contributed by atoms with Crippen LogP contribution in [0.4, 0.5) is 0 Å². The molecule has 170 valence electrons. The summed E-state index contributed by atoms with van der Waals surface area (Å²) in [4.78, 5) is 0. The molecule has 0 fully saturated rings. The van der Waals surface area contributed by atoms with E-state index in [1.54, 1.807) is 26.4 Å². The van der Waals surface area contributed by atoms with Gasteiger partial charge in [-0.25, -0.2) is 0 Å². The van der Waals surface area contributed by atoms with E-state index in [2.05, 4.69) is 42.5 Å². The first kappa shape index (κ1) is 21.7. The summed E-state index contributed by atoms with van der Waals surface area (Å²) in [5.41, 5.74) is 5.41. The van der Waals surface area contributed by atoms with Gasteiger partial charge in [-0.3, -0.25) is 0 Å². The van der Waals surface area contributed by atoms with Crippen LogP contribution >= 0.6 is 0 Å². The van der Waals surface area contributed by atoms with E-state index < -0.39 is 0 Å². The maximum Gasteiger partial charge on any atom is 0.135 e. The molecule has 1 N–H and O–H groups in total. The monoisotopic (exact) mass is 450 g/mol. The lowest BCUT2D eigenvalue weighted by molar-refractivity contribution is 0.222. The van der Waals surface area contributed by atoms with Gasteiger partial charge in [0.05, 0.1) is 20.1 Å². The van der Waals surface area contributed by atoms with Crippen molar-refractivity contribution in [3.8, 4) is 23.0 Å². The van der Waals surface area contributed by atoms with Gasteiger partial charge in [0.2, 0.25) is 0 Å². The highest BCUT2D eigenvalue weighted by atomic mass is 16.5. The lowest BCUT2D eigenvalue weighted by atomic mass is 9.84. The number of methoxy groups -OCH3 is 2. The summed E-state index contributed by atoms with van der Waals surface area (Å²) in [7, 11) is 3.35. The van der Waals surface area contributed by atoms with Gasteiger partial charge in [-0.05, 0) is 70.8 Å². The van der Waals surface area contributed by atoms with Gasteiger partial charge in [-0.15, -0.1) is 0 Å². The van der Waals surface area contributed by atoms with Crippen molar-refractivity contribution in [3.05, 3.63) is 119 Å². The Morgan fingerprint density at radius 3 is 2.12 bits per heavy atom. The Morgan fingerprint density at radius 1 is 0.706 bits per heavy atom. The predicted molar refractivity (Wildman–Crippen MR) is 135 cm³/mol. The average molecular weight is 451 g/mol.